The smallest absolute Gasteiger partial charge is 0.328 e. The zero-order chi connectivity index (χ0) is 12.7. The van der Waals surface area contributed by atoms with Crippen LogP contribution in [0.4, 0.5) is 0 Å². The highest BCUT2D eigenvalue weighted by atomic mass is 16.4. The molecule has 2 aromatic rings. The van der Waals surface area contributed by atoms with E-state index in [1.165, 1.54) is 0 Å². The molecule has 0 amide bonds. The van der Waals surface area contributed by atoms with Gasteiger partial charge in [0.15, 0.2) is 0 Å². The summed E-state index contributed by atoms with van der Waals surface area (Å²) in [6, 6.07) is 13.8. The van der Waals surface area contributed by atoms with Gasteiger partial charge in [-0.1, -0.05) is 50.2 Å². The van der Waals surface area contributed by atoms with Crippen molar-refractivity contribution in [1.29, 1.82) is 0 Å². The highest BCUT2D eigenvalue weighted by Gasteiger charge is 1.93. The summed E-state index contributed by atoms with van der Waals surface area (Å²) in [6.07, 6.45) is 2.74. The van der Waals surface area contributed by atoms with Gasteiger partial charge in [-0.25, -0.2) is 4.79 Å². The van der Waals surface area contributed by atoms with E-state index in [0.717, 1.165) is 22.4 Å². The molecule has 17 heavy (non-hydrogen) atoms. The Labute approximate surface area is 101 Å². The average Bonchev–Trinajstić information content (AvgIpc) is 2.38. The first-order chi connectivity index (χ1) is 8.25. The van der Waals surface area contributed by atoms with Crippen molar-refractivity contribution in [3.8, 4) is 0 Å². The molecule has 0 atom stereocenters. The summed E-state index contributed by atoms with van der Waals surface area (Å²) in [5, 5.41) is 10.8. The van der Waals surface area contributed by atoms with Gasteiger partial charge in [0.2, 0.25) is 0 Å². The molecular weight excluding hydrogens is 212 g/mol. The van der Waals surface area contributed by atoms with E-state index in [1.807, 2.05) is 56.3 Å². The normalized spacial score (nSPS) is 10.0. The maximum Gasteiger partial charge on any atom is 0.328 e. The average molecular weight is 228 g/mol. The summed E-state index contributed by atoms with van der Waals surface area (Å²) in [6.45, 7) is 4.00. The van der Waals surface area contributed by atoms with Crippen molar-refractivity contribution in [2.24, 2.45) is 0 Å². The fourth-order valence-corrected chi connectivity index (χ4v) is 1.48. The van der Waals surface area contributed by atoms with Crippen LogP contribution in [0.2, 0.25) is 0 Å². The summed E-state index contributed by atoms with van der Waals surface area (Å²) in [7, 11) is 0. The van der Waals surface area contributed by atoms with Gasteiger partial charge in [0.05, 0.1) is 0 Å². The monoisotopic (exact) mass is 228 g/mol. The maximum atomic E-state index is 10.3. The van der Waals surface area contributed by atoms with Crippen LogP contribution in [0.3, 0.4) is 0 Å². The van der Waals surface area contributed by atoms with Crippen LogP contribution in [0, 0.1) is 0 Å². The Morgan fingerprint density at radius 2 is 1.71 bits per heavy atom. The van der Waals surface area contributed by atoms with E-state index in [9.17, 15) is 4.79 Å². The number of aliphatic carboxylic acids is 1. The topological polar surface area (TPSA) is 37.3 Å². The number of carbonyl (C=O) groups is 1. The standard InChI is InChI=1S/C13H10O2.C2H6/c14-13(15)8-6-10-5-7-11-3-1-2-4-12(11)9-10;1-2/h1-9H,(H,14,15);1-2H3/b8-6+;. The molecule has 0 fully saturated rings. The highest BCUT2D eigenvalue weighted by Crippen LogP contribution is 2.16. The van der Waals surface area contributed by atoms with E-state index in [2.05, 4.69) is 0 Å². The Balaban J connectivity index is 0.000000686. The van der Waals surface area contributed by atoms with Gasteiger partial charge >= 0.3 is 5.97 Å². The second-order valence-corrected chi connectivity index (χ2v) is 3.28. The van der Waals surface area contributed by atoms with E-state index < -0.39 is 5.97 Å². The molecule has 0 aromatic heterocycles. The molecule has 88 valence electrons. The Hall–Kier alpha value is -2.09. The molecule has 0 aliphatic rings. The number of hydrogen-bond donors (Lipinski definition) is 1. The van der Waals surface area contributed by atoms with E-state index in [-0.39, 0.29) is 0 Å². The van der Waals surface area contributed by atoms with Crippen LogP contribution in [-0.2, 0) is 4.79 Å². The Bertz CT molecular complexity index is 527. The molecule has 2 aromatic carbocycles. The first-order valence-electron chi connectivity index (χ1n) is 5.65. The minimum Gasteiger partial charge on any atom is -0.478 e. The number of carboxylic acids is 1. The minimum atomic E-state index is -0.928. The third-order valence-electron chi connectivity index (χ3n) is 2.19. The second-order valence-electron chi connectivity index (χ2n) is 3.28. The van der Waals surface area contributed by atoms with Crippen molar-refractivity contribution in [2.45, 2.75) is 13.8 Å². The number of benzene rings is 2. The molecular formula is C15H16O2. The van der Waals surface area contributed by atoms with E-state index in [4.69, 9.17) is 5.11 Å². The first-order valence-corrected chi connectivity index (χ1v) is 5.65. The van der Waals surface area contributed by atoms with Crippen molar-refractivity contribution in [1.82, 2.24) is 0 Å². The van der Waals surface area contributed by atoms with Gasteiger partial charge in [-0.3, -0.25) is 0 Å². The van der Waals surface area contributed by atoms with Crippen LogP contribution in [-0.4, -0.2) is 11.1 Å². The van der Waals surface area contributed by atoms with Crippen molar-refractivity contribution in [2.75, 3.05) is 0 Å². The quantitative estimate of drug-likeness (QED) is 0.790. The van der Waals surface area contributed by atoms with Crippen LogP contribution in [0.25, 0.3) is 16.8 Å². The summed E-state index contributed by atoms with van der Waals surface area (Å²) in [4.78, 5) is 10.3. The molecule has 0 unspecified atom stereocenters. The van der Waals surface area contributed by atoms with Crippen LogP contribution in [0.15, 0.2) is 48.5 Å². The van der Waals surface area contributed by atoms with Crippen LogP contribution < -0.4 is 0 Å². The zero-order valence-electron chi connectivity index (χ0n) is 10.1. The summed E-state index contributed by atoms with van der Waals surface area (Å²) in [5.41, 5.74) is 0.899. The van der Waals surface area contributed by atoms with Gasteiger partial charge in [0.25, 0.3) is 0 Å². The summed E-state index contributed by atoms with van der Waals surface area (Å²) in [5.74, 6) is -0.928. The molecule has 0 aliphatic heterocycles. The van der Waals surface area contributed by atoms with E-state index in [0.29, 0.717) is 0 Å². The number of hydrogen-bond acceptors (Lipinski definition) is 1. The molecule has 0 saturated heterocycles. The molecule has 0 heterocycles. The first kappa shape index (κ1) is 13.0. The lowest BCUT2D eigenvalue weighted by molar-refractivity contribution is -0.131. The lowest BCUT2D eigenvalue weighted by Gasteiger charge is -1.98. The van der Waals surface area contributed by atoms with Crippen molar-refractivity contribution < 1.29 is 9.90 Å². The number of rotatable bonds is 2. The SMILES string of the molecule is CC.O=C(O)/C=C/c1ccc2ccccc2c1. The molecule has 2 nitrogen and oxygen atoms in total. The molecule has 0 saturated carbocycles. The largest absolute Gasteiger partial charge is 0.478 e. The number of carboxylic acid groups (broad SMARTS) is 1. The van der Waals surface area contributed by atoms with Crippen molar-refractivity contribution in [3.05, 3.63) is 54.1 Å². The molecule has 0 radical (unpaired) electrons. The van der Waals surface area contributed by atoms with Crippen molar-refractivity contribution in [3.63, 3.8) is 0 Å². The molecule has 1 N–H and O–H groups in total. The van der Waals surface area contributed by atoms with Gasteiger partial charge in [-0.05, 0) is 28.5 Å². The van der Waals surface area contributed by atoms with Gasteiger partial charge in [-0.15, -0.1) is 0 Å². The zero-order valence-corrected chi connectivity index (χ0v) is 10.1. The van der Waals surface area contributed by atoms with Gasteiger partial charge in [0, 0.05) is 6.08 Å². The Morgan fingerprint density at radius 3 is 2.35 bits per heavy atom. The van der Waals surface area contributed by atoms with Gasteiger partial charge in [0.1, 0.15) is 0 Å². The third-order valence-corrected chi connectivity index (χ3v) is 2.19. The minimum absolute atomic E-state index is 0.899. The third kappa shape index (κ3) is 3.76. The van der Waals surface area contributed by atoms with E-state index in [1.54, 1.807) is 6.08 Å². The van der Waals surface area contributed by atoms with Crippen LogP contribution in [0.1, 0.15) is 19.4 Å². The summed E-state index contributed by atoms with van der Waals surface area (Å²) >= 11 is 0. The maximum absolute atomic E-state index is 10.3. The van der Waals surface area contributed by atoms with Crippen LogP contribution in [0.5, 0.6) is 0 Å². The van der Waals surface area contributed by atoms with Gasteiger partial charge in [-0.2, -0.15) is 0 Å². The predicted octanol–water partition coefficient (Wildman–Crippen LogP) is 3.96. The molecule has 2 rings (SSSR count). The number of fused-ring (bicyclic) bond motifs is 1. The fraction of sp³-hybridized carbons (Fsp3) is 0.133. The van der Waals surface area contributed by atoms with Gasteiger partial charge < -0.3 is 5.11 Å². The molecule has 0 bridgehead atoms. The van der Waals surface area contributed by atoms with Crippen molar-refractivity contribution >= 4 is 22.8 Å². The second kappa shape index (κ2) is 6.48. The predicted molar refractivity (Wildman–Crippen MR) is 72.0 cm³/mol. The van der Waals surface area contributed by atoms with E-state index >= 15 is 0 Å². The molecule has 2 heteroatoms. The Kier molecular flexibility index (Phi) is 4.95. The molecule has 0 spiro atoms. The van der Waals surface area contributed by atoms with Crippen LogP contribution >= 0.6 is 0 Å². The fourth-order valence-electron chi connectivity index (χ4n) is 1.48. The summed E-state index contributed by atoms with van der Waals surface area (Å²) < 4.78 is 0. The highest BCUT2D eigenvalue weighted by molar-refractivity contribution is 5.88. The lowest BCUT2D eigenvalue weighted by atomic mass is 10.1. The Morgan fingerprint density at radius 1 is 1.06 bits per heavy atom. The molecule has 0 aliphatic carbocycles. The lowest BCUT2D eigenvalue weighted by Crippen LogP contribution is -1.85.